The number of rotatable bonds is 0. The highest BCUT2D eigenvalue weighted by Crippen LogP contribution is 2.56. The van der Waals surface area contributed by atoms with Crippen LogP contribution in [0.5, 0.6) is 0 Å². The molecule has 0 radical (unpaired) electrons. The lowest BCUT2D eigenvalue weighted by Crippen LogP contribution is -2.53. The van der Waals surface area contributed by atoms with Gasteiger partial charge in [0.05, 0.1) is 11.6 Å². The summed E-state index contributed by atoms with van der Waals surface area (Å²) in [5.41, 5.74) is -0.540. The molecule has 132 valence electrons. The van der Waals surface area contributed by atoms with Gasteiger partial charge in [0.1, 0.15) is 17.1 Å². The Hall–Kier alpha value is -2.46. The predicted molar refractivity (Wildman–Crippen MR) is 97.4 cm³/mol. The molecular weight excluding hydrogens is 398 g/mol. The average molecular weight is 414 g/mol. The number of nitriles is 1. The number of halogens is 1. The van der Waals surface area contributed by atoms with Gasteiger partial charge in [-0.2, -0.15) is 5.26 Å². The fraction of sp³-hybridized carbons (Fsp3) is 0.368. The number of hydrogen-bond acceptors (Lipinski definition) is 5. The van der Waals surface area contributed by atoms with E-state index in [0.717, 1.165) is 4.47 Å². The normalized spacial score (nSPS) is 29.0. The molecule has 1 aromatic carbocycles. The lowest BCUT2D eigenvalue weighted by molar-refractivity contribution is -0.126. The van der Waals surface area contributed by atoms with Gasteiger partial charge in [-0.1, -0.05) is 29.8 Å². The third-order valence-electron chi connectivity index (χ3n) is 5.30. The van der Waals surface area contributed by atoms with Gasteiger partial charge >= 0.3 is 0 Å². The van der Waals surface area contributed by atoms with Gasteiger partial charge in [0, 0.05) is 23.0 Å². The number of amides is 1. The smallest absolute Gasteiger partial charge is 0.241 e. The maximum absolute atomic E-state index is 13.2. The van der Waals surface area contributed by atoms with E-state index in [-0.39, 0.29) is 29.1 Å². The molecular formula is C19H16BrN3O3. The van der Waals surface area contributed by atoms with Gasteiger partial charge in [-0.25, -0.2) is 0 Å². The summed E-state index contributed by atoms with van der Waals surface area (Å²) >= 11 is 3.41. The van der Waals surface area contributed by atoms with Crippen LogP contribution in [-0.4, -0.2) is 17.6 Å². The molecule has 1 aliphatic carbocycles. The van der Waals surface area contributed by atoms with Crippen molar-refractivity contribution >= 4 is 39.2 Å². The summed E-state index contributed by atoms with van der Waals surface area (Å²) < 4.78 is 6.34. The Morgan fingerprint density at radius 3 is 2.77 bits per heavy atom. The molecule has 0 saturated heterocycles. The minimum atomic E-state index is -1.54. The third kappa shape index (κ3) is 2.05. The largest absolute Gasteiger partial charge is 0.446 e. The quantitative estimate of drug-likeness (QED) is 0.679. The molecule has 2 unspecified atom stereocenters. The molecule has 1 aromatic rings. The zero-order chi connectivity index (χ0) is 18.9. The van der Waals surface area contributed by atoms with Crippen LogP contribution in [0, 0.1) is 28.1 Å². The predicted octanol–water partition coefficient (Wildman–Crippen LogP) is 3.43. The summed E-state index contributed by atoms with van der Waals surface area (Å²) in [4.78, 5) is 26.3. The van der Waals surface area contributed by atoms with E-state index in [2.05, 4.69) is 21.2 Å². The Morgan fingerprint density at radius 1 is 1.35 bits per heavy atom. The monoisotopic (exact) mass is 413 g/mol. The highest BCUT2D eigenvalue weighted by molar-refractivity contribution is 9.10. The van der Waals surface area contributed by atoms with Gasteiger partial charge in [0.15, 0.2) is 5.78 Å². The molecule has 2 heterocycles. The number of nitrogens with zero attached hydrogens (tertiary/aromatic N) is 1. The first kappa shape index (κ1) is 17.0. The van der Waals surface area contributed by atoms with Crippen molar-refractivity contribution in [3.05, 3.63) is 39.6 Å². The second kappa shape index (κ2) is 5.27. The van der Waals surface area contributed by atoms with Crippen LogP contribution in [0.2, 0.25) is 0 Å². The molecule has 26 heavy (non-hydrogen) atoms. The zero-order valence-corrected chi connectivity index (χ0v) is 15.9. The van der Waals surface area contributed by atoms with E-state index in [9.17, 15) is 14.9 Å². The number of Topliss-reactive ketones (excluding diaryl/α,β-unsaturated/α-hetero) is 1. The Bertz CT molecular complexity index is 973. The maximum Gasteiger partial charge on any atom is 0.241 e. The van der Waals surface area contributed by atoms with Crippen molar-refractivity contribution in [2.24, 2.45) is 11.3 Å². The number of hydrogen-bond donors (Lipinski definition) is 2. The number of carbonyl (C=O) groups is 2. The molecule has 0 fully saturated rings. The van der Waals surface area contributed by atoms with Crippen LogP contribution in [-0.2, 0) is 19.7 Å². The summed E-state index contributed by atoms with van der Waals surface area (Å²) in [7, 11) is 0. The van der Waals surface area contributed by atoms with Gasteiger partial charge in [-0.3, -0.25) is 15.0 Å². The molecule has 1 amide bonds. The van der Waals surface area contributed by atoms with E-state index in [0.29, 0.717) is 23.4 Å². The minimum absolute atomic E-state index is 0.202. The molecule has 3 aliphatic rings. The van der Waals surface area contributed by atoms with Crippen LogP contribution in [0.15, 0.2) is 34.0 Å². The summed E-state index contributed by atoms with van der Waals surface area (Å²) in [6.07, 6.45) is 0.700. The van der Waals surface area contributed by atoms with E-state index in [1.165, 1.54) is 0 Å². The van der Waals surface area contributed by atoms with Crippen molar-refractivity contribution in [1.29, 1.82) is 10.7 Å². The van der Waals surface area contributed by atoms with Gasteiger partial charge < -0.3 is 10.1 Å². The van der Waals surface area contributed by atoms with Crippen LogP contribution in [0.1, 0.15) is 32.3 Å². The maximum atomic E-state index is 13.2. The number of ether oxygens (including phenoxy) is 1. The van der Waals surface area contributed by atoms with Gasteiger partial charge in [0.2, 0.25) is 11.8 Å². The van der Waals surface area contributed by atoms with Crippen molar-refractivity contribution in [3.63, 3.8) is 0 Å². The van der Waals surface area contributed by atoms with Crippen molar-refractivity contribution in [1.82, 2.24) is 0 Å². The number of allylic oxidation sites excluding steroid dienone is 1. The van der Waals surface area contributed by atoms with E-state index in [1.54, 1.807) is 18.2 Å². The van der Waals surface area contributed by atoms with Gasteiger partial charge in [-0.15, -0.1) is 0 Å². The number of anilines is 1. The van der Waals surface area contributed by atoms with Crippen LogP contribution >= 0.6 is 15.9 Å². The summed E-state index contributed by atoms with van der Waals surface area (Å²) in [6.45, 7) is 3.90. The summed E-state index contributed by atoms with van der Waals surface area (Å²) in [5, 5.41) is 20.8. The van der Waals surface area contributed by atoms with Crippen LogP contribution in [0.4, 0.5) is 5.69 Å². The zero-order valence-electron chi connectivity index (χ0n) is 14.3. The Balaban J connectivity index is 2.09. The molecule has 1 spiro atoms. The number of benzene rings is 1. The first-order chi connectivity index (χ1) is 12.2. The van der Waals surface area contributed by atoms with Crippen molar-refractivity contribution in [2.75, 3.05) is 5.32 Å². The Morgan fingerprint density at radius 2 is 2.08 bits per heavy atom. The van der Waals surface area contributed by atoms with E-state index in [4.69, 9.17) is 10.1 Å². The number of ketones is 1. The van der Waals surface area contributed by atoms with Crippen LogP contribution in [0.25, 0.3) is 0 Å². The third-order valence-corrected chi connectivity index (χ3v) is 5.79. The fourth-order valence-electron chi connectivity index (χ4n) is 4.31. The van der Waals surface area contributed by atoms with Crippen LogP contribution < -0.4 is 5.32 Å². The first-order valence-corrected chi connectivity index (χ1v) is 9.04. The van der Waals surface area contributed by atoms with Crippen LogP contribution in [0.3, 0.4) is 0 Å². The lowest BCUT2D eigenvalue weighted by atomic mass is 9.59. The van der Waals surface area contributed by atoms with Gasteiger partial charge in [0.25, 0.3) is 0 Å². The Kier molecular flexibility index (Phi) is 3.44. The van der Waals surface area contributed by atoms with Crippen molar-refractivity contribution in [3.8, 4) is 6.07 Å². The van der Waals surface area contributed by atoms with Gasteiger partial charge in [-0.05, 0) is 29.2 Å². The molecule has 0 saturated carbocycles. The fourth-order valence-corrected chi connectivity index (χ4v) is 4.67. The molecule has 4 rings (SSSR count). The molecule has 6 nitrogen and oxygen atoms in total. The first-order valence-electron chi connectivity index (χ1n) is 8.25. The highest BCUT2D eigenvalue weighted by atomic mass is 79.9. The second-order valence-corrected chi connectivity index (χ2v) is 8.64. The number of nitrogens with one attached hydrogen (secondary N) is 2. The standard InChI is InChI=1S/C19H16BrN3O3/c1-18(2)6-13(24)15-14(7-18)26-16(22)11(8-21)19(15)10-5-9(20)3-4-12(10)23-17(19)25/h3-5,11,22H,6-7H2,1-2H3,(H,23,25). The van der Waals surface area contributed by atoms with E-state index < -0.39 is 17.2 Å². The number of carbonyl (C=O) groups excluding carboxylic acids is 2. The minimum Gasteiger partial charge on any atom is -0.446 e. The Labute approximate surface area is 158 Å². The number of fused-ring (bicyclic) bond motifs is 3. The molecule has 0 bridgehead atoms. The van der Waals surface area contributed by atoms with Crippen molar-refractivity contribution < 1.29 is 14.3 Å². The lowest BCUT2D eigenvalue weighted by Gasteiger charge is -2.43. The topological polar surface area (TPSA) is 103 Å². The summed E-state index contributed by atoms with van der Waals surface area (Å²) in [6, 6.07) is 7.30. The molecule has 2 atom stereocenters. The average Bonchev–Trinajstić information content (AvgIpc) is 2.79. The molecule has 7 heteroatoms. The summed E-state index contributed by atoms with van der Waals surface area (Å²) in [5.74, 6) is -1.80. The highest BCUT2D eigenvalue weighted by Gasteiger charge is 2.63. The van der Waals surface area contributed by atoms with E-state index >= 15 is 0 Å². The SMILES string of the molecule is CC1(C)CC(=O)C2=C(C1)OC(=N)C(C#N)C21C(=O)Nc2ccc(Br)cc21. The molecule has 2 N–H and O–H groups in total. The second-order valence-electron chi connectivity index (χ2n) is 7.72. The molecule has 0 aromatic heterocycles. The van der Waals surface area contributed by atoms with E-state index in [1.807, 2.05) is 19.9 Å². The van der Waals surface area contributed by atoms with Crippen molar-refractivity contribution in [2.45, 2.75) is 32.1 Å². The molecule has 2 aliphatic heterocycles.